The summed E-state index contributed by atoms with van der Waals surface area (Å²) >= 11 is 9.81. The molecule has 0 saturated heterocycles. The number of hydrogen-bond donors (Lipinski definition) is 2. The maximum Gasteiger partial charge on any atom is 0.416 e. The zero-order valence-corrected chi connectivity index (χ0v) is 88.5. The third-order valence-electron chi connectivity index (χ3n) is 18.9. The molecule has 2 N–H and O–H groups in total. The van der Waals surface area contributed by atoms with Gasteiger partial charge in [-0.1, -0.05) is 221 Å². The van der Waals surface area contributed by atoms with Gasteiger partial charge in [-0.2, -0.15) is 18.3 Å². The highest BCUT2D eigenvalue weighted by Crippen LogP contribution is 2.33. The number of aromatic nitrogens is 8. The molecular formula is C107H122F3N11O13S7. The summed E-state index contributed by atoms with van der Waals surface area (Å²) < 4.78 is 106. The van der Waals surface area contributed by atoms with Gasteiger partial charge in [0, 0.05) is 51.0 Å². The average Bonchev–Trinajstić information content (AvgIpc) is 1.63. The number of nitrogens with zero attached hydrogens (tertiary/aromatic N) is 9. The highest BCUT2D eigenvalue weighted by atomic mass is 32.2. The highest BCUT2D eigenvalue weighted by Gasteiger charge is 2.35. The highest BCUT2D eigenvalue weighted by molar-refractivity contribution is 7.99. The van der Waals surface area contributed by atoms with Gasteiger partial charge in [0.25, 0.3) is 38.1 Å². The zero-order chi connectivity index (χ0) is 103. The second kappa shape index (κ2) is 62.4. The van der Waals surface area contributed by atoms with Crippen molar-refractivity contribution in [2.75, 3.05) is 59.2 Å². The van der Waals surface area contributed by atoms with Gasteiger partial charge in [0.15, 0.2) is 15.2 Å². The number of benzene rings is 9. The molecule has 0 saturated carbocycles. The average molecular weight is 2050 g/mol. The van der Waals surface area contributed by atoms with Gasteiger partial charge in [-0.15, -0.1) is 56.3 Å². The number of sulfonamides is 1. The second-order valence-electron chi connectivity index (χ2n) is 30.2. The molecule has 17 rings (SSSR count). The van der Waals surface area contributed by atoms with Crippen molar-refractivity contribution in [3.8, 4) is 37.4 Å². The van der Waals surface area contributed by atoms with Gasteiger partial charge < -0.3 is 42.9 Å². The van der Waals surface area contributed by atoms with E-state index >= 15 is 0 Å². The number of rotatable bonds is 22. The van der Waals surface area contributed by atoms with Crippen LogP contribution in [0.5, 0.6) is 37.4 Å². The molecular weight excluding hydrogens is 1930 g/mol. The fourth-order valence-electron chi connectivity index (χ4n) is 11.6. The first-order chi connectivity index (χ1) is 67.5. The van der Waals surface area contributed by atoms with E-state index < -0.39 is 21.8 Å². The minimum Gasteiger partial charge on any atom is -0.489 e. The molecule has 16 aromatic rings. The maximum atomic E-state index is 12.5. The Labute approximate surface area is 850 Å². The molecule has 0 unspecified atom stereocenters. The van der Waals surface area contributed by atoms with E-state index in [0.29, 0.717) is 46.6 Å². The minimum atomic E-state index is -4.35. The van der Waals surface area contributed by atoms with Gasteiger partial charge in [0.1, 0.15) is 17.4 Å². The van der Waals surface area contributed by atoms with Gasteiger partial charge in [-0.3, -0.25) is 28.7 Å². The summed E-state index contributed by atoms with van der Waals surface area (Å²) in [5, 5.41) is 27.6. The number of thioether (sulfide) groups is 1. The number of thiophene rings is 2. The van der Waals surface area contributed by atoms with Crippen molar-refractivity contribution < 1.29 is 73.5 Å². The number of alkyl halides is 3. The lowest BCUT2D eigenvalue weighted by molar-refractivity contribution is -0.137. The predicted molar refractivity (Wildman–Crippen MR) is 565 cm³/mol. The van der Waals surface area contributed by atoms with Gasteiger partial charge >= 0.3 is 12.3 Å². The number of thiazole rings is 2. The van der Waals surface area contributed by atoms with Crippen molar-refractivity contribution >= 4 is 102 Å². The first kappa shape index (κ1) is 116. The third kappa shape index (κ3) is 43.4. The Hall–Kier alpha value is -13.6. The number of methoxy groups -OCH3 is 5. The van der Waals surface area contributed by atoms with Crippen molar-refractivity contribution in [1.82, 2.24) is 50.4 Å². The molecule has 8 heterocycles. The summed E-state index contributed by atoms with van der Waals surface area (Å²) in [7, 11) is 4.51. The first-order valence-corrected chi connectivity index (χ1v) is 50.6. The van der Waals surface area contributed by atoms with Crippen LogP contribution in [-0.4, -0.2) is 126 Å². The summed E-state index contributed by atoms with van der Waals surface area (Å²) in [6.07, 6.45) is 4.97. The number of carbonyl (C=O) groups is 3. The van der Waals surface area contributed by atoms with Crippen molar-refractivity contribution in [3.05, 3.63) is 395 Å². The van der Waals surface area contributed by atoms with E-state index in [2.05, 4.69) is 134 Å². The zero-order valence-electron chi connectivity index (χ0n) is 82.8. The normalized spacial score (nSPS) is 10.6. The van der Waals surface area contributed by atoms with E-state index in [4.69, 9.17) is 32.8 Å². The smallest absolute Gasteiger partial charge is 0.416 e. The number of nitrogens with one attached hydrogen (secondary N) is 2. The van der Waals surface area contributed by atoms with Crippen molar-refractivity contribution in [2.45, 2.75) is 140 Å². The van der Waals surface area contributed by atoms with Gasteiger partial charge in [0.05, 0.1) is 99.9 Å². The Bertz CT molecular complexity index is 6250. The Morgan fingerprint density at radius 2 is 1.09 bits per heavy atom. The Morgan fingerprint density at radius 3 is 1.55 bits per heavy atom. The second-order valence-corrected chi connectivity index (χ2v) is 39.2. The molecule has 0 atom stereocenters. The number of aryl methyl sites for hydroxylation is 13. The first-order valence-electron chi connectivity index (χ1n) is 44.1. The quantitative estimate of drug-likeness (QED) is 0.0362. The van der Waals surface area contributed by atoms with E-state index in [1.165, 1.54) is 71.7 Å². The molecule has 3 amide bonds. The maximum absolute atomic E-state index is 12.5. The van der Waals surface area contributed by atoms with Crippen molar-refractivity contribution in [3.63, 3.8) is 0 Å². The summed E-state index contributed by atoms with van der Waals surface area (Å²) in [5.41, 5.74) is 12.6. The van der Waals surface area contributed by atoms with Crippen LogP contribution in [0.15, 0.2) is 300 Å². The summed E-state index contributed by atoms with van der Waals surface area (Å²) in [4.78, 5) is 50.5. The summed E-state index contributed by atoms with van der Waals surface area (Å²) in [6, 6.07) is 75.7. The van der Waals surface area contributed by atoms with E-state index in [1.54, 1.807) is 166 Å². The van der Waals surface area contributed by atoms with Crippen LogP contribution < -0.4 is 43.2 Å². The molecule has 1 aliphatic rings. The molecule has 34 heteroatoms. The number of halogens is 3. The van der Waals surface area contributed by atoms with E-state index in [0.717, 1.165) is 100 Å². The lowest BCUT2D eigenvalue weighted by Crippen LogP contribution is -2.29. The summed E-state index contributed by atoms with van der Waals surface area (Å²) in [5.74, 6) is 1.43. The lowest BCUT2D eigenvalue weighted by Gasteiger charge is -2.15. The van der Waals surface area contributed by atoms with Crippen molar-refractivity contribution in [2.24, 2.45) is 0 Å². The molecule has 9 aromatic carbocycles. The number of ether oxygens (including phenoxy) is 7. The number of carbonyl (C=O) groups excluding carboxylic acids is 3. The van der Waals surface area contributed by atoms with Crippen LogP contribution in [0.2, 0.25) is 0 Å². The van der Waals surface area contributed by atoms with Gasteiger partial charge in [0.2, 0.25) is 5.89 Å². The van der Waals surface area contributed by atoms with Gasteiger partial charge in [-0.25, -0.2) is 18.4 Å². The molecule has 141 heavy (non-hydrogen) atoms. The number of hydrogen-bond acceptors (Lipinski definition) is 26. The van der Waals surface area contributed by atoms with Crippen LogP contribution in [0.25, 0.3) is 0 Å². The molecule has 0 radical (unpaired) electrons. The third-order valence-corrected chi connectivity index (χ3v) is 25.8. The predicted octanol–water partition coefficient (Wildman–Crippen LogP) is 26.4. The molecule has 0 bridgehead atoms. The number of anilines is 1. The standard InChI is InChI=1S/C16H13NO2.C15H13F3O.C14H15NO2S.C11H12N2.C11H13NO.C9H12S.C7H10OS.C6H8OS.2C5H7NOS.C4H6N2O2.C4H6N2OS/c1-11-6-2-3-7-12(11)10-17-15(18)13-8-4-5-9-14(13)16(17)19;1-11-5-2-3-6-12(11)10-19-14-8-4-7-13(9-14)15(16,17)18;1-11-7-9-13(10-8-11)18(16,17)15-14-6-4-3-5-12(14)2;1-10-7-12-13(8-10)9-11-5-3-2-4-6-11;1-3-7-12-11(13)10-6-4-5-9(2)8-10;1-3-10-9-7-5-4-6-8(9)2;1-3-8-7-5-4-6(2)9-7;1-5-3-4-6(7-2)8-5;1-4-6-3-5(7-2)8-4;1-4-3-6-5(7-2)8-4;2*1-3-5-6-4(7-2)8-3/h2*2-9H,10H2,1H3;3-10,15H,1-2H3;2-8H,9H2,1H3;3-6,8H,1,7H2,2H3,(H,12,13);4-7H,3H2,1-2H3;4-5H,3H2,1-2H3;3-4H,1-2H3;2*3H,1-2H3;2*1-2H3. The SMILES string of the molecule is C=CCNC(=O)c1cccc(C)c1.CCOc1ccc(C)s1.CCSc1ccccc1C.COc1ccc(C)s1.COc1cnc(C)s1.COc1ncc(C)s1.COc1nnc(C)o1.COc1nnc(C)s1.Cc1ccc(S(=O)(=O)Nc2ccccc2C)cc1.Cc1ccccc1CN1C(=O)c2ccccc2C1=O.Cc1ccccc1COc1cccc(C(F)(F)F)c1.Cc1cnn(Cc2ccccc2)c1. The Kier molecular flexibility index (Phi) is 51.4. The lowest BCUT2D eigenvalue weighted by atomic mass is 10.1. The van der Waals surface area contributed by atoms with Crippen molar-refractivity contribution in [1.29, 1.82) is 0 Å². The fraction of sp³-hybridized carbons (Fsp3) is 0.252. The molecule has 0 fully saturated rings. The Morgan fingerprint density at radius 1 is 0.496 bits per heavy atom. The molecule has 24 nitrogen and oxygen atoms in total. The minimum absolute atomic E-state index is 0.0522. The largest absolute Gasteiger partial charge is 0.489 e. The van der Waals surface area contributed by atoms with Crippen LogP contribution in [-0.2, 0) is 35.9 Å². The molecule has 7 aromatic heterocycles. The van der Waals surface area contributed by atoms with Gasteiger partial charge in [-0.05, 0) is 231 Å². The number of imide groups is 1. The van der Waals surface area contributed by atoms with Crippen LogP contribution in [0, 0.1) is 90.0 Å². The van der Waals surface area contributed by atoms with Crippen LogP contribution in [0.1, 0.15) is 137 Å². The Balaban J connectivity index is 0.000000239. The number of amides is 3. The fourth-order valence-corrected chi connectivity index (χ4v) is 16.6. The van der Waals surface area contributed by atoms with Crippen LogP contribution in [0.4, 0.5) is 18.9 Å². The van der Waals surface area contributed by atoms with Crippen LogP contribution in [0.3, 0.4) is 0 Å². The number of para-hydroxylation sites is 1. The molecule has 0 aliphatic carbocycles. The topological polar surface area (TPSA) is 286 Å². The molecule has 1 aliphatic heterocycles. The molecule has 0 spiro atoms. The van der Waals surface area contributed by atoms with E-state index in [9.17, 15) is 36.0 Å². The van der Waals surface area contributed by atoms with Crippen LogP contribution >= 0.6 is 68.4 Å². The summed E-state index contributed by atoms with van der Waals surface area (Å²) in [6.45, 7) is 36.0. The number of fused-ring (bicyclic) bond motifs is 1. The molecule has 746 valence electrons. The monoisotopic (exact) mass is 2050 g/mol. The van der Waals surface area contributed by atoms with E-state index in [-0.39, 0.29) is 41.1 Å². The van der Waals surface area contributed by atoms with E-state index in [1.807, 2.05) is 206 Å².